The number of carbonyl (C=O) groups is 3. The molecule has 4 aromatic carbocycles. The van der Waals surface area contributed by atoms with Crippen LogP contribution < -0.4 is 34.0 Å². The minimum absolute atomic E-state index is 0.0318. The number of hydrogen-bond donors (Lipinski definition) is 6. The lowest BCUT2D eigenvalue weighted by molar-refractivity contribution is -0.132. The molecule has 0 saturated carbocycles. The lowest BCUT2D eigenvalue weighted by Crippen LogP contribution is -2.47. The number of Topliss-reactive ketones (excluding diaryl/α,β-unsaturated/α-hetero) is 2. The normalized spacial score (nSPS) is 12.6. The van der Waals surface area contributed by atoms with Gasteiger partial charge in [-0.15, -0.1) is 0 Å². The fraction of sp³-hybridized carbons (Fsp3) is 0.293. The van der Waals surface area contributed by atoms with Crippen LogP contribution >= 0.6 is 0 Å². The Hall–Kier alpha value is -5.81. The number of nitrogens with zero attached hydrogens (tertiary/aromatic N) is 2. The average molecular weight is 703 g/mol. The third-order valence-corrected chi connectivity index (χ3v) is 8.82. The maximum absolute atomic E-state index is 13.8. The Kier molecular flexibility index (Phi) is 15.1. The highest BCUT2D eigenvalue weighted by molar-refractivity contribution is 5.93. The maximum atomic E-state index is 13.8. The van der Waals surface area contributed by atoms with Gasteiger partial charge in [0.25, 0.3) is 0 Å². The van der Waals surface area contributed by atoms with Crippen molar-refractivity contribution < 1.29 is 14.4 Å². The van der Waals surface area contributed by atoms with E-state index in [4.69, 9.17) is 28.7 Å². The summed E-state index contributed by atoms with van der Waals surface area (Å²) in [7, 11) is 0. The standard InChI is InChI=1S/C41H50N8O3/c42-35(24-28-15-19-32(20-16-28)30-10-4-1-5-11-30)38(51)26-34(27-48-41(45)46)39(52)49-36(37(50)14-8-3-9-23-47-40(43)44)25-29-17-21-33(22-18-29)31-12-6-2-7-13-31/h1-2,4-7,10-13,15-22,34-36H,3,8-9,14,23-27,42H2,(H,49,52)(H4,43,44,47)(H4,45,46,48)/t34-,35-,36-/m0/s1. The van der Waals surface area contributed by atoms with Crippen molar-refractivity contribution in [3.63, 3.8) is 0 Å². The summed E-state index contributed by atoms with van der Waals surface area (Å²) in [5.41, 5.74) is 34.4. The molecule has 0 heterocycles. The van der Waals surface area contributed by atoms with E-state index in [0.29, 0.717) is 19.4 Å². The predicted octanol–water partition coefficient (Wildman–Crippen LogP) is 3.87. The van der Waals surface area contributed by atoms with Crippen molar-refractivity contribution in [2.24, 2.45) is 44.6 Å². The van der Waals surface area contributed by atoms with Crippen LogP contribution in [0.2, 0.25) is 0 Å². The summed E-state index contributed by atoms with van der Waals surface area (Å²) in [6, 6.07) is 34.1. The number of nitrogens with one attached hydrogen (secondary N) is 1. The Morgan fingerprint density at radius 1 is 0.577 bits per heavy atom. The Balaban J connectivity index is 1.44. The molecular formula is C41H50N8O3. The lowest BCUT2D eigenvalue weighted by atomic mass is 9.92. The van der Waals surface area contributed by atoms with Gasteiger partial charge in [-0.25, -0.2) is 0 Å². The molecule has 11 N–H and O–H groups in total. The van der Waals surface area contributed by atoms with E-state index in [9.17, 15) is 14.4 Å². The van der Waals surface area contributed by atoms with E-state index >= 15 is 0 Å². The summed E-state index contributed by atoms with van der Waals surface area (Å²) in [6.45, 7) is 0.349. The van der Waals surface area contributed by atoms with Crippen molar-refractivity contribution in [3.05, 3.63) is 120 Å². The summed E-state index contributed by atoms with van der Waals surface area (Å²) in [4.78, 5) is 48.9. The number of amides is 1. The summed E-state index contributed by atoms with van der Waals surface area (Å²) in [6.07, 6.45) is 2.70. The first kappa shape index (κ1) is 39.0. The Morgan fingerprint density at radius 2 is 1.08 bits per heavy atom. The highest BCUT2D eigenvalue weighted by Crippen LogP contribution is 2.22. The van der Waals surface area contributed by atoms with E-state index in [-0.39, 0.29) is 49.3 Å². The molecule has 0 aliphatic rings. The van der Waals surface area contributed by atoms with Gasteiger partial charge in [0.1, 0.15) is 0 Å². The topological polar surface area (TPSA) is 218 Å². The lowest BCUT2D eigenvalue weighted by Gasteiger charge is -2.22. The number of ketones is 2. The van der Waals surface area contributed by atoms with Gasteiger partial charge in [0, 0.05) is 19.4 Å². The fourth-order valence-corrected chi connectivity index (χ4v) is 5.89. The quantitative estimate of drug-likeness (QED) is 0.0450. The second kappa shape index (κ2) is 20.1. The number of aliphatic imine (C=N–C) groups is 2. The van der Waals surface area contributed by atoms with E-state index < -0.39 is 23.9 Å². The minimum Gasteiger partial charge on any atom is -0.370 e. The van der Waals surface area contributed by atoms with E-state index in [1.54, 1.807) is 0 Å². The zero-order valence-corrected chi connectivity index (χ0v) is 29.5. The van der Waals surface area contributed by atoms with Gasteiger partial charge in [0.05, 0.1) is 24.5 Å². The zero-order valence-electron chi connectivity index (χ0n) is 29.5. The number of nitrogens with two attached hydrogens (primary N) is 5. The molecule has 272 valence electrons. The summed E-state index contributed by atoms with van der Waals surface area (Å²) in [5, 5.41) is 2.93. The van der Waals surface area contributed by atoms with Crippen LogP contribution in [0.25, 0.3) is 22.3 Å². The van der Waals surface area contributed by atoms with Crippen molar-refractivity contribution in [1.82, 2.24) is 5.32 Å². The largest absolute Gasteiger partial charge is 0.370 e. The summed E-state index contributed by atoms with van der Waals surface area (Å²) < 4.78 is 0. The van der Waals surface area contributed by atoms with Gasteiger partial charge in [0.2, 0.25) is 5.91 Å². The summed E-state index contributed by atoms with van der Waals surface area (Å²) >= 11 is 0. The number of guanidine groups is 2. The smallest absolute Gasteiger partial charge is 0.226 e. The molecule has 0 radical (unpaired) electrons. The Morgan fingerprint density at radius 3 is 1.60 bits per heavy atom. The van der Waals surface area contributed by atoms with Crippen LogP contribution in [0.4, 0.5) is 0 Å². The average Bonchev–Trinajstić information content (AvgIpc) is 3.15. The van der Waals surface area contributed by atoms with Crippen LogP contribution in [0.5, 0.6) is 0 Å². The second-order valence-electron chi connectivity index (χ2n) is 12.9. The van der Waals surface area contributed by atoms with Crippen LogP contribution in [0.1, 0.15) is 43.2 Å². The molecule has 4 rings (SSSR count). The molecule has 0 saturated heterocycles. The SMILES string of the molecule is NC(N)=NCCCCCC(=O)[C@H](Cc1ccc(-c2ccccc2)cc1)NC(=O)[C@H](CN=C(N)N)CC(=O)[C@@H](N)Cc1ccc(-c2ccccc2)cc1. The number of unbranched alkanes of at least 4 members (excludes halogenated alkanes) is 2. The van der Waals surface area contributed by atoms with Crippen LogP contribution in [-0.4, -0.2) is 54.6 Å². The summed E-state index contributed by atoms with van der Waals surface area (Å²) in [5.74, 6) is -2.03. The van der Waals surface area contributed by atoms with Crippen molar-refractivity contribution >= 4 is 29.4 Å². The molecule has 0 aliphatic heterocycles. The van der Waals surface area contributed by atoms with E-state index in [1.165, 1.54) is 0 Å². The molecular weight excluding hydrogens is 653 g/mol. The van der Waals surface area contributed by atoms with Crippen molar-refractivity contribution in [1.29, 1.82) is 0 Å². The molecule has 0 fully saturated rings. The van der Waals surface area contributed by atoms with E-state index in [1.807, 2.05) is 109 Å². The Labute approximate surface area is 305 Å². The molecule has 0 unspecified atom stereocenters. The minimum atomic E-state index is -0.934. The molecule has 0 aromatic heterocycles. The molecule has 3 atom stereocenters. The molecule has 0 aliphatic carbocycles. The molecule has 0 bridgehead atoms. The monoisotopic (exact) mass is 702 g/mol. The molecule has 11 heteroatoms. The van der Waals surface area contributed by atoms with Crippen molar-refractivity contribution in [2.45, 2.75) is 57.0 Å². The highest BCUT2D eigenvalue weighted by Gasteiger charge is 2.29. The molecule has 0 spiro atoms. The predicted molar refractivity (Wildman–Crippen MR) is 209 cm³/mol. The van der Waals surface area contributed by atoms with E-state index in [0.717, 1.165) is 46.2 Å². The number of benzene rings is 4. The highest BCUT2D eigenvalue weighted by atomic mass is 16.2. The third kappa shape index (κ3) is 12.8. The van der Waals surface area contributed by atoms with Crippen molar-refractivity contribution in [2.75, 3.05) is 13.1 Å². The zero-order chi connectivity index (χ0) is 37.3. The van der Waals surface area contributed by atoms with Gasteiger partial charge >= 0.3 is 0 Å². The molecule has 1 amide bonds. The third-order valence-electron chi connectivity index (χ3n) is 8.82. The van der Waals surface area contributed by atoms with Crippen molar-refractivity contribution in [3.8, 4) is 22.3 Å². The number of hydrogen-bond acceptors (Lipinski definition) is 6. The van der Waals surface area contributed by atoms with Gasteiger partial charge in [-0.1, -0.05) is 116 Å². The second-order valence-corrected chi connectivity index (χ2v) is 12.9. The molecule has 52 heavy (non-hydrogen) atoms. The first-order chi connectivity index (χ1) is 25.1. The maximum Gasteiger partial charge on any atom is 0.226 e. The van der Waals surface area contributed by atoms with Gasteiger partial charge < -0.3 is 34.0 Å². The Bertz CT molecular complexity index is 1790. The van der Waals surface area contributed by atoms with Gasteiger partial charge in [-0.05, 0) is 59.1 Å². The van der Waals surface area contributed by atoms with Crippen LogP contribution in [0.3, 0.4) is 0 Å². The van der Waals surface area contributed by atoms with E-state index in [2.05, 4.69) is 15.3 Å². The van der Waals surface area contributed by atoms with Gasteiger partial charge in [-0.2, -0.15) is 0 Å². The van der Waals surface area contributed by atoms with Crippen LogP contribution in [0.15, 0.2) is 119 Å². The van der Waals surface area contributed by atoms with Crippen LogP contribution in [0, 0.1) is 5.92 Å². The molecule has 11 nitrogen and oxygen atoms in total. The fourth-order valence-electron chi connectivity index (χ4n) is 5.89. The first-order valence-electron chi connectivity index (χ1n) is 17.6. The van der Waals surface area contributed by atoms with Gasteiger partial charge in [-0.3, -0.25) is 24.4 Å². The van der Waals surface area contributed by atoms with Crippen LogP contribution in [-0.2, 0) is 27.2 Å². The first-order valence-corrected chi connectivity index (χ1v) is 17.6. The van der Waals surface area contributed by atoms with Gasteiger partial charge in [0.15, 0.2) is 23.5 Å². The number of rotatable bonds is 20. The molecule has 4 aromatic rings. The number of carbonyl (C=O) groups excluding carboxylic acids is 3.